The summed E-state index contributed by atoms with van der Waals surface area (Å²) < 4.78 is 2.49. The van der Waals surface area contributed by atoms with Crippen LogP contribution in [-0.2, 0) is 6.54 Å². The number of fused-ring (bicyclic) bond motifs is 1. The SMILES string of the molecule is CCn1nc(-c2ccccc2)c2sccc2c1=O. The summed E-state index contributed by atoms with van der Waals surface area (Å²) in [4.78, 5) is 12.1. The molecule has 3 rings (SSSR count). The summed E-state index contributed by atoms with van der Waals surface area (Å²) in [7, 11) is 0. The molecule has 0 aliphatic rings. The molecule has 1 aromatic carbocycles. The highest BCUT2D eigenvalue weighted by Gasteiger charge is 2.12. The van der Waals surface area contributed by atoms with E-state index < -0.39 is 0 Å². The molecular weight excluding hydrogens is 244 g/mol. The van der Waals surface area contributed by atoms with Crippen LogP contribution in [-0.4, -0.2) is 9.78 Å². The molecule has 0 spiro atoms. The lowest BCUT2D eigenvalue weighted by atomic mass is 10.1. The van der Waals surface area contributed by atoms with Gasteiger partial charge in [-0.15, -0.1) is 11.3 Å². The van der Waals surface area contributed by atoms with Crippen LogP contribution in [0.1, 0.15) is 6.92 Å². The van der Waals surface area contributed by atoms with Crippen molar-refractivity contribution in [2.75, 3.05) is 0 Å². The molecule has 4 heteroatoms. The number of rotatable bonds is 2. The third-order valence-electron chi connectivity index (χ3n) is 2.91. The Bertz CT molecular complexity index is 743. The fourth-order valence-electron chi connectivity index (χ4n) is 2.01. The monoisotopic (exact) mass is 256 g/mol. The maximum absolute atomic E-state index is 12.1. The van der Waals surface area contributed by atoms with E-state index in [0.29, 0.717) is 6.54 Å². The molecule has 0 amide bonds. The van der Waals surface area contributed by atoms with Gasteiger partial charge in [0.1, 0.15) is 5.69 Å². The third-order valence-corrected chi connectivity index (χ3v) is 3.83. The van der Waals surface area contributed by atoms with E-state index in [0.717, 1.165) is 21.3 Å². The molecule has 0 atom stereocenters. The highest BCUT2D eigenvalue weighted by Crippen LogP contribution is 2.28. The predicted octanol–water partition coefficient (Wildman–Crippen LogP) is 3.14. The molecule has 0 fully saturated rings. The van der Waals surface area contributed by atoms with Crippen molar-refractivity contribution >= 4 is 21.4 Å². The summed E-state index contributed by atoms with van der Waals surface area (Å²) in [5.41, 5.74) is 1.93. The summed E-state index contributed by atoms with van der Waals surface area (Å²) in [6.07, 6.45) is 0. The van der Waals surface area contributed by atoms with Crippen LogP contribution >= 0.6 is 11.3 Å². The first-order valence-electron chi connectivity index (χ1n) is 5.85. The van der Waals surface area contributed by atoms with Crippen molar-refractivity contribution in [2.24, 2.45) is 0 Å². The second kappa shape index (κ2) is 4.38. The van der Waals surface area contributed by atoms with Crippen LogP contribution in [0, 0.1) is 0 Å². The van der Waals surface area contributed by atoms with E-state index in [4.69, 9.17) is 0 Å². The zero-order valence-corrected chi connectivity index (χ0v) is 10.8. The maximum atomic E-state index is 12.1. The Morgan fingerprint density at radius 2 is 2.00 bits per heavy atom. The van der Waals surface area contributed by atoms with E-state index in [2.05, 4.69) is 5.10 Å². The number of aromatic nitrogens is 2. The Hall–Kier alpha value is -1.94. The second-order valence-corrected chi connectivity index (χ2v) is 4.92. The van der Waals surface area contributed by atoms with Gasteiger partial charge in [0.2, 0.25) is 0 Å². The largest absolute Gasteiger partial charge is 0.275 e. The Balaban J connectivity index is 2.39. The number of thiophene rings is 1. The maximum Gasteiger partial charge on any atom is 0.275 e. The number of hydrogen-bond donors (Lipinski definition) is 0. The van der Waals surface area contributed by atoms with Crippen LogP contribution in [0.25, 0.3) is 21.3 Å². The molecule has 0 N–H and O–H groups in total. The molecule has 3 nitrogen and oxygen atoms in total. The van der Waals surface area contributed by atoms with Crippen LogP contribution in [0.3, 0.4) is 0 Å². The minimum absolute atomic E-state index is 0.00608. The number of benzene rings is 1. The fourth-order valence-corrected chi connectivity index (χ4v) is 2.90. The van der Waals surface area contributed by atoms with E-state index >= 15 is 0 Å². The highest BCUT2D eigenvalue weighted by molar-refractivity contribution is 7.17. The molecule has 2 heterocycles. The molecule has 3 aromatic rings. The molecule has 0 bridgehead atoms. The number of nitrogens with zero attached hydrogens (tertiary/aromatic N) is 2. The molecule has 0 unspecified atom stereocenters. The topological polar surface area (TPSA) is 34.9 Å². The van der Waals surface area contributed by atoms with Gasteiger partial charge in [0.05, 0.1) is 10.1 Å². The summed E-state index contributed by atoms with van der Waals surface area (Å²) in [5, 5.41) is 7.18. The Morgan fingerprint density at radius 1 is 1.22 bits per heavy atom. The smallest absolute Gasteiger partial charge is 0.267 e. The summed E-state index contributed by atoms with van der Waals surface area (Å²) in [5.74, 6) is 0. The molecule has 0 radical (unpaired) electrons. The normalized spacial score (nSPS) is 10.9. The van der Waals surface area contributed by atoms with Crippen LogP contribution < -0.4 is 5.56 Å². The molecule has 2 aromatic heterocycles. The van der Waals surface area contributed by atoms with Gasteiger partial charge < -0.3 is 0 Å². The van der Waals surface area contributed by atoms with Crippen molar-refractivity contribution < 1.29 is 0 Å². The number of hydrogen-bond acceptors (Lipinski definition) is 3. The van der Waals surface area contributed by atoms with Crippen LogP contribution in [0.2, 0.25) is 0 Å². The van der Waals surface area contributed by atoms with Crippen LogP contribution in [0.15, 0.2) is 46.6 Å². The quantitative estimate of drug-likeness (QED) is 0.706. The predicted molar refractivity (Wildman–Crippen MR) is 75.0 cm³/mol. The van der Waals surface area contributed by atoms with Crippen molar-refractivity contribution in [2.45, 2.75) is 13.5 Å². The first kappa shape index (κ1) is 11.2. The third kappa shape index (κ3) is 1.66. The van der Waals surface area contributed by atoms with Crippen molar-refractivity contribution in [3.63, 3.8) is 0 Å². The minimum atomic E-state index is -0.00608. The second-order valence-electron chi connectivity index (χ2n) is 4.00. The lowest BCUT2D eigenvalue weighted by Crippen LogP contribution is -2.22. The van der Waals surface area contributed by atoms with Gasteiger partial charge in [-0.25, -0.2) is 4.68 Å². The van der Waals surface area contributed by atoms with E-state index in [-0.39, 0.29) is 5.56 Å². The minimum Gasteiger partial charge on any atom is -0.267 e. The summed E-state index contributed by atoms with van der Waals surface area (Å²) in [6.45, 7) is 2.52. The zero-order valence-electron chi connectivity index (χ0n) is 9.96. The van der Waals surface area contributed by atoms with Gasteiger partial charge in [0.25, 0.3) is 5.56 Å². The van der Waals surface area contributed by atoms with Gasteiger partial charge >= 0.3 is 0 Å². The van der Waals surface area contributed by atoms with Gasteiger partial charge in [-0.3, -0.25) is 4.79 Å². The van der Waals surface area contributed by atoms with Gasteiger partial charge in [0.15, 0.2) is 0 Å². The molecule has 0 saturated carbocycles. The van der Waals surface area contributed by atoms with E-state index in [1.165, 1.54) is 4.68 Å². The number of aryl methyl sites for hydroxylation is 1. The summed E-state index contributed by atoms with van der Waals surface area (Å²) in [6, 6.07) is 11.9. The van der Waals surface area contributed by atoms with Gasteiger partial charge in [0, 0.05) is 12.1 Å². The lowest BCUT2D eigenvalue weighted by molar-refractivity contribution is 0.627. The average Bonchev–Trinajstić information content (AvgIpc) is 2.90. The van der Waals surface area contributed by atoms with Crippen molar-refractivity contribution in [3.05, 3.63) is 52.1 Å². The van der Waals surface area contributed by atoms with Crippen molar-refractivity contribution in [3.8, 4) is 11.3 Å². The Kier molecular flexibility index (Phi) is 2.72. The molecule has 0 saturated heterocycles. The first-order chi connectivity index (χ1) is 8.81. The van der Waals surface area contributed by atoms with E-state index in [9.17, 15) is 4.79 Å². The standard InChI is InChI=1S/C14H12N2OS/c1-2-16-14(17)11-8-9-18-13(11)12(15-16)10-6-4-3-5-7-10/h3-9H,2H2,1H3. The zero-order chi connectivity index (χ0) is 12.5. The van der Waals surface area contributed by atoms with Gasteiger partial charge in [-0.1, -0.05) is 30.3 Å². The first-order valence-corrected chi connectivity index (χ1v) is 6.73. The van der Waals surface area contributed by atoms with Gasteiger partial charge in [-0.05, 0) is 18.4 Å². The Morgan fingerprint density at radius 3 is 2.72 bits per heavy atom. The molecule has 90 valence electrons. The molecule has 18 heavy (non-hydrogen) atoms. The van der Waals surface area contributed by atoms with Crippen molar-refractivity contribution in [1.82, 2.24) is 9.78 Å². The summed E-state index contributed by atoms with van der Waals surface area (Å²) >= 11 is 1.57. The fraction of sp³-hybridized carbons (Fsp3) is 0.143. The highest BCUT2D eigenvalue weighted by atomic mass is 32.1. The molecule has 0 aliphatic carbocycles. The van der Waals surface area contributed by atoms with Crippen LogP contribution in [0.4, 0.5) is 0 Å². The van der Waals surface area contributed by atoms with Gasteiger partial charge in [-0.2, -0.15) is 5.10 Å². The van der Waals surface area contributed by atoms with E-state index in [1.54, 1.807) is 11.3 Å². The average molecular weight is 256 g/mol. The Labute approximate surface area is 108 Å². The lowest BCUT2D eigenvalue weighted by Gasteiger charge is -2.06. The van der Waals surface area contributed by atoms with Crippen LogP contribution in [0.5, 0.6) is 0 Å². The van der Waals surface area contributed by atoms with E-state index in [1.807, 2.05) is 48.7 Å². The molecule has 0 aliphatic heterocycles. The molecular formula is C14H12N2OS. The van der Waals surface area contributed by atoms with Crippen molar-refractivity contribution in [1.29, 1.82) is 0 Å².